The predicted octanol–water partition coefficient (Wildman–Crippen LogP) is 33.0. The van der Waals surface area contributed by atoms with Gasteiger partial charge in [0.15, 0.2) is 29.7 Å². The Bertz CT molecular complexity index is 9370. The fourth-order valence-corrected chi connectivity index (χ4v) is 22.2. The molecule has 20 aromatic carbocycles. The Hall–Kier alpha value is -17.9. The summed E-state index contributed by atoms with van der Waals surface area (Å²) in [6, 6.07) is 167. The second-order valence-electron chi connectivity index (χ2n) is 34.7. The summed E-state index contributed by atoms with van der Waals surface area (Å²) in [5.74, 6) is 0.689. The van der Waals surface area contributed by atoms with E-state index in [1.807, 2.05) is 146 Å². The van der Waals surface area contributed by atoms with E-state index in [1.54, 1.807) is 0 Å². The number of fused-ring (bicyclic) bond motifs is 18. The van der Waals surface area contributed by atoms with E-state index in [1.165, 1.54) is 54.9 Å². The highest BCUT2D eigenvalue weighted by Gasteiger charge is 2.31. The topological polar surface area (TPSA) is 121 Å². The summed E-state index contributed by atoms with van der Waals surface area (Å²) < 4.78 is 34.2. The minimum atomic E-state index is -3.04. The van der Waals surface area contributed by atoms with Gasteiger partial charge >= 0.3 is 0 Å². The second kappa shape index (κ2) is 34.4. The smallest absolute Gasteiger partial charge is 0.171 e. The molecule has 0 spiro atoms. The van der Waals surface area contributed by atoms with Crippen molar-refractivity contribution in [3.63, 3.8) is 0 Å². The molecule has 0 bridgehead atoms. The van der Waals surface area contributed by atoms with Crippen molar-refractivity contribution < 1.29 is 17.8 Å². The lowest BCUT2D eigenvalue weighted by Crippen LogP contribution is -2.24. The monoisotopic (exact) mass is 1770 g/mol. The van der Waals surface area contributed by atoms with Crippen LogP contribution in [0.4, 0.5) is 0 Å². The minimum absolute atomic E-state index is 0.689. The van der Waals surface area contributed by atoms with Gasteiger partial charge in [0.2, 0.25) is 0 Å². The average Bonchev–Trinajstić information content (AvgIpc) is 1.18. The third-order valence-electron chi connectivity index (χ3n) is 26.5. The number of hydrogen-bond donors (Lipinski definition) is 0. The van der Waals surface area contributed by atoms with Crippen LogP contribution in [0.3, 0.4) is 0 Å². The summed E-state index contributed by atoms with van der Waals surface area (Å²) >= 11 is 0. The van der Waals surface area contributed by atoms with Crippen molar-refractivity contribution in [3.8, 4) is 112 Å². The van der Waals surface area contributed by atoms with Crippen molar-refractivity contribution in [3.05, 3.63) is 485 Å². The first kappa shape index (κ1) is 81.1. The number of furan rings is 3. The Labute approximate surface area is 788 Å². The molecule has 9 nitrogen and oxygen atoms in total. The zero-order valence-electron chi connectivity index (χ0n) is 74.0. The SMILES string of the molecule is O=P(c1ccccc1)(c1ccccc1)c1ccc2cc(-c3ccc(-c4nc5ccccc5c5c4oc4ccccc45)cc3)ccc2c1.c1ccc(-c2ccc(-c3cc(-c4ccc(-c5nc6ccccc6c6c5oc5ccccc56)cc4)nc(-c4ccccc4)n3)cc2)cc1.c1ccc2cc(-c3ccc4cc(-c5ccc(-c6nc7ccccc7c7c6oc6ccccc67)cc5)ccc4c3)ccc2c1. The summed E-state index contributed by atoms with van der Waals surface area (Å²) in [6.45, 7) is 0. The van der Waals surface area contributed by atoms with Crippen LogP contribution in [0.5, 0.6) is 0 Å². The summed E-state index contributed by atoms with van der Waals surface area (Å²) in [7, 11) is -3.04. The fraction of sp³-hybridized carbons (Fsp3) is 0. The van der Waals surface area contributed by atoms with Crippen LogP contribution in [0.1, 0.15) is 0 Å². The molecule has 0 fully saturated rings. The van der Waals surface area contributed by atoms with E-state index in [4.69, 9.17) is 38.2 Å². The third kappa shape index (κ3) is 15.0. The van der Waals surface area contributed by atoms with Gasteiger partial charge in [-0.3, -0.25) is 0 Å². The van der Waals surface area contributed by atoms with Gasteiger partial charge < -0.3 is 17.8 Å². The van der Waals surface area contributed by atoms with Crippen LogP contribution in [-0.2, 0) is 4.57 Å². The van der Waals surface area contributed by atoms with E-state index in [2.05, 4.69) is 340 Å². The molecule has 137 heavy (non-hydrogen) atoms. The van der Waals surface area contributed by atoms with Crippen molar-refractivity contribution in [2.45, 2.75) is 0 Å². The lowest BCUT2D eigenvalue weighted by molar-refractivity contribution is 0.592. The zero-order valence-corrected chi connectivity index (χ0v) is 74.9. The van der Waals surface area contributed by atoms with E-state index < -0.39 is 7.14 Å². The van der Waals surface area contributed by atoms with Crippen LogP contribution in [0.25, 0.3) is 243 Å². The standard InChI is InChI=1S/C43H27N3O.C43H28NO2P.C41H25NO/c1-3-11-28(12-4-1)29-19-21-30(22-20-29)37-27-38(46-43(45-37)33-13-5-2-6-14-33)31-23-25-32(26-24-31)41-42-40(34-15-7-9-17-36(34)44-41)35-16-8-10-18-39(35)47-42;45-47(34-11-3-1-4-12-34,35-13-5-2-6-14-35)36-26-25-32-27-31(23-24-33(32)28-36)29-19-21-30(22-20-29)42-43-41(37-15-7-9-17-39(37)44-42)38-16-8-10-18-40(38)46-43;1-2-8-29-23-31(18-15-26(29)7-1)34-22-21-32-24-30(19-20-33(32)25-34)27-13-16-28(17-14-27)40-41-39(35-9-3-5-11-37(35)42-40)36-10-4-6-12-38(36)43-41/h1-27H;1-28H;1-25H. The molecule has 0 saturated heterocycles. The van der Waals surface area contributed by atoms with Gasteiger partial charge in [-0.25, -0.2) is 24.9 Å². The van der Waals surface area contributed by atoms with Gasteiger partial charge in [-0.1, -0.05) is 413 Å². The van der Waals surface area contributed by atoms with Gasteiger partial charge in [-0.15, -0.1) is 0 Å². The van der Waals surface area contributed by atoms with E-state index in [0.29, 0.717) is 5.82 Å². The molecule has 0 saturated carbocycles. The van der Waals surface area contributed by atoms with Gasteiger partial charge in [0, 0.05) is 97.8 Å². The van der Waals surface area contributed by atoms with Gasteiger partial charge in [0.05, 0.1) is 27.9 Å². The maximum Gasteiger partial charge on any atom is 0.171 e. The molecule has 642 valence electrons. The molecule has 0 aliphatic rings. The average molecular weight is 1770 g/mol. The van der Waals surface area contributed by atoms with Crippen molar-refractivity contribution in [1.82, 2.24) is 24.9 Å². The number of benzene rings is 20. The number of nitrogens with zero attached hydrogens (tertiary/aromatic N) is 5. The van der Waals surface area contributed by atoms with E-state index in [9.17, 15) is 4.57 Å². The Balaban J connectivity index is 0.000000109. The van der Waals surface area contributed by atoms with Gasteiger partial charge in [-0.05, 0) is 150 Å². The van der Waals surface area contributed by atoms with Crippen molar-refractivity contribution in [1.29, 1.82) is 0 Å². The molecule has 7 aromatic heterocycles. The third-order valence-corrected chi connectivity index (χ3v) is 29.5. The van der Waals surface area contributed by atoms with Crippen LogP contribution < -0.4 is 15.9 Å². The quantitative estimate of drug-likeness (QED) is 0.104. The Morgan fingerprint density at radius 1 is 0.175 bits per heavy atom. The molecule has 0 N–H and O–H groups in total. The zero-order chi connectivity index (χ0) is 90.9. The Kier molecular flexibility index (Phi) is 20.4. The van der Waals surface area contributed by atoms with E-state index in [0.717, 1.165) is 198 Å². The normalized spacial score (nSPS) is 11.7. The lowest BCUT2D eigenvalue weighted by atomic mass is 9.96. The van der Waals surface area contributed by atoms with Gasteiger partial charge in [0.1, 0.15) is 33.8 Å². The molecule has 0 aliphatic carbocycles. The maximum absolute atomic E-state index is 14.9. The van der Waals surface area contributed by atoms with Gasteiger partial charge in [0.25, 0.3) is 0 Å². The first-order chi connectivity index (χ1) is 67.7. The second-order valence-corrected chi connectivity index (χ2v) is 37.5. The van der Waals surface area contributed by atoms with Gasteiger partial charge in [-0.2, -0.15) is 0 Å². The number of rotatable bonds is 13. The molecule has 0 amide bonds. The van der Waals surface area contributed by atoms with Crippen molar-refractivity contribution >= 4 is 154 Å². The summed E-state index contributed by atoms with van der Waals surface area (Å²) in [6.07, 6.45) is 0. The molecular formula is C127H80N5O4P. The largest absolute Gasteiger partial charge is 0.454 e. The number of para-hydroxylation sites is 6. The van der Waals surface area contributed by atoms with Crippen LogP contribution in [-0.4, -0.2) is 24.9 Å². The highest BCUT2D eigenvalue weighted by molar-refractivity contribution is 7.85. The molecular weight excluding hydrogens is 1690 g/mol. The first-order valence-corrected chi connectivity index (χ1v) is 47.8. The fourth-order valence-electron chi connectivity index (χ4n) is 19.6. The molecule has 7 heterocycles. The van der Waals surface area contributed by atoms with Crippen molar-refractivity contribution in [2.24, 2.45) is 0 Å². The molecule has 0 radical (unpaired) electrons. The predicted molar refractivity (Wildman–Crippen MR) is 569 cm³/mol. The van der Waals surface area contributed by atoms with E-state index in [-0.39, 0.29) is 0 Å². The van der Waals surface area contributed by atoms with E-state index >= 15 is 0 Å². The van der Waals surface area contributed by atoms with Crippen LogP contribution >= 0.6 is 7.14 Å². The summed E-state index contributed by atoms with van der Waals surface area (Å²) in [5.41, 5.74) is 27.6. The highest BCUT2D eigenvalue weighted by atomic mass is 31.2. The number of aromatic nitrogens is 5. The summed E-state index contributed by atoms with van der Waals surface area (Å²) in [5, 5.41) is 19.6. The Morgan fingerprint density at radius 3 is 0.832 bits per heavy atom. The highest BCUT2D eigenvalue weighted by Crippen LogP contribution is 2.47. The molecule has 0 atom stereocenters. The molecule has 0 aliphatic heterocycles. The maximum atomic E-state index is 14.9. The van der Waals surface area contributed by atoms with Crippen molar-refractivity contribution in [2.75, 3.05) is 0 Å². The first-order valence-electron chi connectivity index (χ1n) is 46.1. The minimum Gasteiger partial charge on any atom is -0.454 e. The number of hydrogen-bond acceptors (Lipinski definition) is 9. The molecule has 0 unspecified atom stereocenters. The van der Waals surface area contributed by atoms with Crippen LogP contribution in [0.15, 0.2) is 499 Å². The molecule has 27 aromatic rings. The summed E-state index contributed by atoms with van der Waals surface area (Å²) in [4.78, 5) is 25.3. The molecule has 10 heteroatoms. The van der Waals surface area contributed by atoms with Crippen LogP contribution in [0, 0.1) is 0 Å². The number of pyridine rings is 3. The molecule has 27 rings (SSSR count). The van der Waals surface area contributed by atoms with Crippen LogP contribution in [0.2, 0.25) is 0 Å². The lowest BCUT2D eigenvalue weighted by Gasteiger charge is -2.20. The Morgan fingerprint density at radius 2 is 0.438 bits per heavy atom.